The molecule has 1 saturated heterocycles. The SMILES string of the molecule is CCC1(c2ccccc2)NC(=O)N(NC(=O)CSc2nc3ccccc3n2C)C1=O. The van der Waals surface area contributed by atoms with Gasteiger partial charge in [0.15, 0.2) is 5.16 Å². The topological polar surface area (TPSA) is 96.3 Å². The normalized spacial score (nSPS) is 18.7. The number of para-hydroxylation sites is 2. The predicted molar refractivity (Wildman–Crippen MR) is 113 cm³/mol. The largest absolute Gasteiger partial charge is 0.344 e. The van der Waals surface area contributed by atoms with E-state index in [4.69, 9.17) is 0 Å². The molecule has 1 aromatic heterocycles. The molecule has 3 aromatic rings. The highest BCUT2D eigenvalue weighted by Gasteiger charge is 2.52. The number of nitrogens with one attached hydrogen (secondary N) is 2. The maximum atomic E-state index is 13.1. The van der Waals surface area contributed by atoms with Gasteiger partial charge in [0.05, 0.1) is 16.8 Å². The molecule has 0 spiro atoms. The first-order valence-corrected chi connectivity index (χ1v) is 10.5. The van der Waals surface area contributed by atoms with Gasteiger partial charge in [0.1, 0.15) is 5.54 Å². The number of imidazole rings is 1. The first kappa shape index (κ1) is 20.0. The Morgan fingerprint density at radius 2 is 1.83 bits per heavy atom. The first-order chi connectivity index (χ1) is 14.5. The molecule has 1 aliphatic rings. The molecule has 0 saturated carbocycles. The average molecular weight is 423 g/mol. The minimum absolute atomic E-state index is 0.0126. The number of carbonyl (C=O) groups is 3. The summed E-state index contributed by atoms with van der Waals surface area (Å²) in [4.78, 5) is 42.5. The fourth-order valence-electron chi connectivity index (χ4n) is 3.58. The van der Waals surface area contributed by atoms with Gasteiger partial charge in [-0.2, -0.15) is 5.01 Å². The van der Waals surface area contributed by atoms with Crippen LogP contribution in [0.25, 0.3) is 11.0 Å². The molecule has 8 nitrogen and oxygen atoms in total. The van der Waals surface area contributed by atoms with Gasteiger partial charge in [0, 0.05) is 7.05 Å². The van der Waals surface area contributed by atoms with E-state index in [1.54, 1.807) is 24.3 Å². The molecular weight excluding hydrogens is 402 g/mol. The monoisotopic (exact) mass is 423 g/mol. The molecule has 1 aliphatic heterocycles. The van der Waals surface area contributed by atoms with Gasteiger partial charge in [-0.25, -0.2) is 9.78 Å². The van der Waals surface area contributed by atoms with Gasteiger partial charge in [-0.05, 0) is 24.1 Å². The minimum Gasteiger partial charge on any atom is -0.322 e. The van der Waals surface area contributed by atoms with E-state index in [0.29, 0.717) is 17.1 Å². The summed E-state index contributed by atoms with van der Waals surface area (Å²) in [7, 11) is 1.88. The van der Waals surface area contributed by atoms with Gasteiger partial charge in [-0.15, -0.1) is 0 Å². The quantitative estimate of drug-likeness (QED) is 0.469. The number of rotatable bonds is 6. The van der Waals surface area contributed by atoms with Crippen molar-refractivity contribution in [1.29, 1.82) is 0 Å². The molecule has 4 rings (SSSR count). The molecule has 0 aliphatic carbocycles. The highest BCUT2D eigenvalue weighted by molar-refractivity contribution is 7.99. The summed E-state index contributed by atoms with van der Waals surface area (Å²) in [6.45, 7) is 1.82. The fraction of sp³-hybridized carbons (Fsp3) is 0.238. The summed E-state index contributed by atoms with van der Waals surface area (Å²) in [6, 6.07) is 16.1. The van der Waals surface area contributed by atoms with Crippen molar-refractivity contribution in [3.05, 3.63) is 60.2 Å². The molecule has 2 heterocycles. The van der Waals surface area contributed by atoms with Gasteiger partial charge < -0.3 is 9.88 Å². The Labute approximate surface area is 177 Å². The molecule has 2 aromatic carbocycles. The number of amides is 4. The van der Waals surface area contributed by atoms with Crippen LogP contribution < -0.4 is 10.7 Å². The van der Waals surface area contributed by atoms with Crippen LogP contribution in [0.1, 0.15) is 18.9 Å². The first-order valence-electron chi connectivity index (χ1n) is 9.52. The van der Waals surface area contributed by atoms with Gasteiger partial charge >= 0.3 is 6.03 Å². The number of hydrogen-bond donors (Lipinski definition) is 2. The summed E-state index contributed by atoms with van der Waals surface area (Å²) >= 11 is 1.24. The number of aromatic nitrogens is 2. The van der Waals surface area contributed by atoms with Crippen molar-refractivity contribution in [2.24, 2.45) is 7.05 Å². The van der Waals surface area contributed by atoms with Crippen molar-refractivity contribution in [2.45, 2.75) is 24.0 Å². The van der Waals surface area contributed by atoms with Crippen LogP contribution in [0.15, 0.2) is 59.8 Å². The van der Waals surface area contributed by atoms with Gasteiger partial charge in [0.2, 0.25) is 5.91 Å². The maximum Gasteiger partial charge on any atom is 0.344 e. The molecule has 0 radical (unpaired) electrons. The molecule has 1 unspecified atom stereocenters. The molecule has 1 fully saturated rings. The molecular formula is C21H21N5O3S. The van der Waals surface area contributed by atoms with E-state index in [9.17, 15) is 14.4 Å². The lowest BCUT2D eigenvalue weighted by atomic mass is 9.87. The molecule has 154 valence electrons. The van der Waals surface area contributed by atoms with E-state index in [1.807, 2.05) is 48.9 Å². The Morgan fingerprint density at radius 1 is 1.13 bits per heavy atom. The van der Waals surface area contributed by atoms with E-state index in [-0.39, 0.29) is 5.75 Å². The van der Waals surface area contributed by atoms with Crippen LogP contribution in [0.2, 0.25) is 0 Å². The second kappa shape index (κ2) is 7.83. The Balaban J connectivity index is 1.46. The number of aryl methyl sites for hydroxylation is 1. The standard InChI is InChI=1S/C21H21N5O3S/c1-3-21(14-9-5-4-6-10-14)18(28)26(19(29)23-21)24-17(27)13-30-20-22-15-11-7-8-12-16(15)25(20)2/h4-12H,3,13H2,1-2H3,(H,23,29)(H,24,27). The Kier molecular flexibility index (Phi) is 5.21. The van der Waals surface area contributed by atoms with Crippen LogP contribution in [0.4, 0.5) is 4.79 Å². The van der Waals surface area contributed by atoms with Crippen molar-refractivity contribution < 1.29 is 14.4 Å². The molecule has 1 atom stereocenters. The van der Waals surface area contributed by atoms with Gasteiger partial charge in [-0.1, -0.05) is 61.2 Å². The van der Waals surface area contributed by atoms with Crippen molar-refractivity contribution in [2.75, 3.05) is 5.75 Å². The maximum absolute atomic E-state index is 13.1. The lowest BCUT2D eigenvalue weighted by Gasteiger charge is -2.25. The zero-order valence-electron chi connectivity index (χ0n) is 16.6. The van der Waals surface area contributed by atoms with Crippen LogP contribution in [0.3, 0.4) is 0 Å². The van der Waals surface area contributed by atoms with E-state index in [0.717, 1.165) is 16.0 Å². The fourth-order valence-corrected chi connectivity index (χ4v) is 4.36. The average Bonchev–Trinajstić information content (AvgIpc) is 3.22. The number of thioether (sulfide) groups is 1. The van der Waals surface area contributed by atoms with Gasteiger partial charge in [-0.3, -0.25) is 15.0 Å². The number of benzene rings is 2. The number of hydrazine groups is 1. The Hall–Kier alpha value is -3.33. The summed E-state index contributed by atoms with van der Waals surface area (Å²) in [5.41, 5.74) is 3.73. The van der Waals surface area contributed by atoms with Crippen LogP contribution in [-0.4, -0.2) is 38.2 Å². The van der Waals surface area contributed by atoms with E-state index in [1.165, 1.54) is 11.8 Å². The van der Waals surface area contributed by atoms with Crippen molar-refractivity contribution in [1.82, 2.24) is 25.3 Å². The van der Waals surface area contributed by atoms with E-state index >= 15 is 0 Å². The zero-order valence-corrected chi connectivity index (χ0v) is 17.4. The second-order valence-electron chi connectivity index (χ2n) is 6.96. The number of carbonyl (C=O) groups excluding carboxylic acids is 3. The smallest absolute Gasteiger partial charge is 0.322 e. The van der Waals surface area contributed by atoms with Crippen molar-refractivity contribution >= 4 is 40.6 Å². The number of fused-ring (bicyclic) bond motifs is 1. The number of imide groups is 1. The molecule has 9 heteroatoms. The van der Waals surface area contributed by atoms with Crippen LogP contribution >= 0.6 is 11.8 Å². The van der Waals surface area contributed by atoms with E-state index < -0.39 is 23.4 Å². The van der Waals surface area contributed by atoms with Gasteiger partial charge in [0.25, 0.3) is 5.91 Å². The highest BCUT2D eigenvalue weighted by atomic mass is 32.2. The van der Waals surface area contributed by atoms with E-state index in [2.05, 4.69) is 15.7 Å². The minimum atomic E-state index is -1.18. The third-order valence-electron chi connectivity index (χ3n) is 5.20. The third-order valence-corrected chi connectivity index (χ3v) is 6.23. The zero-order chi connectivity index (χ0) is 21.3. The summed E-state index contributed by atoms with van der Waals surface area (Å²) in [5, 5.41) is 4.19. The lowest BCUT2D eigenvalue weighted by molar-refractivity contribution is -0.138. The Bertz CT molecular complexity index is 1130. The molecule has 2 N–H and O–H groups in total. The highest BCUT2D eigenvalue weighted by Crippen LogP contribution is 2.31. The third kappa shape index (κ3) is 3.30. The van der Waals surface area contributed by atoms with Crippen molar-refractivity contribution in [3.63, 3.8) is 0 Å². The Morgan fingerprint density at radius 3 is 2.53 bits per heavy atom. The summed E-state index contributed by atoms with van der Waals surface area (Å²) in [6.07, 6.45) is 0.364. The predicted octanol–water partition coefficient (Wildman–Crippen LogP) is 2.55. The number of hydrogen-bond acceptors (Lipinski definition) is 5. The summed E-state index contributed by atoms with van der Waals surface area (Å²) in [5.74, 6) is -0.948. The number of urea groups is 1. The van der Waals surface area contributed by atoms with Crippen LogP contribution in [0, 0.1) is 0 Å². The van der Waals surface area contributed by atoms with Crippen molar-refractivity contribution in [3.8, 4) is 0 Å². The lowest BCUT2D eigenvalue weighted by Crippen LogP contribution is -2.49. The van der Waals surface area contributed by atoms with Crippen LogP contribution in [-0.2, 0) is 22.2 Å². The second-order valence-corrected chi connectivity index (χ2v) is 7.90. The molecule has 4 amide bonds. The number of nitrogens with zero attached hydrogens (tertiary/aromatic N) is 3. The molecule has 30 heavy (non-hydrogen) atoms. The summed E-state index contributed by atoms with van der Waals surface area (Å²) < 4.78 is 1.90. The molecule has 0 bridgehead atoms. The van der Waals surface area contributed by atoms with Crippen LogP contribution in [0.5, 0.6) is 0 Å².